The number of Topliss-reactive ketones (excluding diaryl/α,β-unsaturated/α-hetero) is 1. The quantitative estimate of drug-likeness (QED) is 0.453. The third-order valence-corrected chi connectivity index (χ3v) is 3.06. The number of carbonyl (C=O) groups is 2. The summed E-state index contributed by atoms with van der Waals surface area (Å²) in [5.41, 5.74) is 2.57. The molecule has 1 aromatic rings. The first-order valence-electron chi connectivity index (χ1n) is 6.21. The molecule has 0 fully saturated rings. The number of benzene rings is 1. The molecule has 0 aromatic heterocycles. The molecule has 0 saturated heterocycles. The molecule has 0 N–H and O–H groups in total. The van der Waals surface area contributed by atoms with Crippen LogP contribution < -0.4 is 0 Å². The molecule has 0 spiro atoms. The molecule has 1 aromatic carbocycles. The van der Waals surface area contributed by atoms with Crippen molar-refractivity contribution in [1.29, 1.82) is 0 Å². The van der Waals surface area contributed by atoms with Gasteiger partial charge < -0.3 is 0 Å². The molecule has 0 saturated carbocycles. The Labute approximate surface area is 109 Å². The van der Waals surface area contributed by atoms with E-state index in [1.807, 2.05) is 12.1 Å². The Bertz CT molecular complexity index is 439. The van der Waals surface area contributed by atoms with E-state index in [4.69, 9.17) is 0 Å². The van der Waals surface area contributed by atoms with Crippen LogP contribution in [0.2, 0.25) is 0 Å². The number of ketones is 1. The molecule has 0 amide bonds. The van der Waals surface area contributed by atoms with Crippen LogP contribution >= 0.6 is 0 Å². The maximum atomic E-state index is 11.6. The summed E-state index contributed by atoms with van der Waals surface area (Å²) >= 11 is 0. The summed E-state index contributed by atoms with van der Waals surface area (Å²) in [5, 5.41) is 0. The topological polar surface area (TPSA) is 34.1 Å². The van der Waals surface area contributed by atoms with E-state index in [0.29, 0.717) is 11.8 Å². The number of hydrogen-bond acceptors (Lipinski definition) is 2. The van der Waals surface area contributed by atoms with Gasteiger partial charge in [-0.25, -0.2) is 0 Å². The highest BCUT2D eigenvalue weighted by molar-refractivity contribution is 6.33. The molecular weight excluding hydrogens is 224 g/mol. The minimum atomic E-state index is -0.452. The second-order valence-electron chi connectivity index (χ2n) is 6.78. The Balaban J connectivity index is 3.48. The number of hydrogen-bond donors (Lipinski definition) is 0. The van der Waals surface area contributed by atoms with Gasteiger partial charge in [0.1, 0.15) is 0 Å². The van der Waals surface area contributed by atoms with E-state index in [2.05, 4.69) is 47.6 Å². The Hall–Kier alpha value is -1.44. The number of carbonyl (C=O) groups excluding carboxylic acids is 2. The first kappa shape index (κ1) is 14.6. The predicted molar refractivity (Wildman–Crippen MR) is 74.2 cm³/mol. The normalized spacial score (nSPS) is 12.3. The fraction of sp³-hybridized carbons (Fsp3) is 0.500. The van der Waals surface area contributed by atoms with E-state index in [-0.39, 0.29) is 10.8 Å². The minimum absolute atomic E-state index is 0.0425. The SMILES string of the molecule is CC(C)(C)c1cc(C(=O)C=O)cc(C(C)(C)C)c1. The van der Waals surface area contributed by atoms with Crippen molar-refractivity contribution in [2.24, 2.45) is 0 Å². The predicted octanol–water partition coefficient (Wildman–Crippen LogP) is 3.66. The van der Waals surface area contributed by atoms with Crippen molar-refractivity contribution in [3.8, 4) is 0 Å². The summed E-state index contributed by atoms with van der Waals surface area (Å²) < 4.78 is 0. The molecule has 18 heavy (non-hydrogen) atoms. The van der Waals surface area contributed by atoms with Crippen LogP contribution in [0, 0.1) is 0 Å². The van der Waals surface area contributed by atoms with Crippen LogP contribution in [0.5, 0.6) is 0 Å². The molecule has 0 unspecified atom stereocenters. The first-order chi connectivity index (χ1) is 8.05. The van der Waals surface area contributed by atoms with E-state index in [1.54, 1.807) is 0 Å². The van der Waals surface area contributed by atoms with Crippen LogP contribution in [0.3, 0.4) is 0 Å². The van der Waals surface area contributed by atoms with Crippen LogP contribution in [0.25, 0.3) is 0 Å². The largest absolute Gasteiger partial charge is 0.294 e. The second kappa shape index (κ2) is 4.68. The van der Waals surface area contributed by atoms with Crippen LogP contribution in [0.4, 0.5) is 0 Å². The van der Waals surface area contributed by atoms with E-state index < -0.39 is 5.78 Å². The summed E-state index contributed by atoms with van der Waals surface area (Å²) in [5.74, 6) is -0.452. The monoisotopic (exact) mass is 246 g/mol. The lowest BCUT2D eigenvalue weighted by Crippen LogP contribution is -2.18. The van der Waals surface area contributed by atoms with Crippen molar-refractivity contribution in [3.63, 3.8) is 0 Å². The van der Waals surface area contributed by atoms with Gasteiger partial charge in [0, 0.05) is 5.56 Å². The van der Waals surface area contributed by atoms with Gasteiger partial charge in [-0.15, -0.1) is 0 Å². The lowest BCUT2D eigenvalue weighted by Gasteiger charge is -2.25. The van der Waals surface area contributed by atoms with Crippen molar-refractivity contribution < 1.29 is 9.59 Å². The van der Waals surface area contributed by atoms with E-state index in [9.17, 15) is 9.59 Å². The fourth-order valence-corrected chi connectivity index (χ4v) is 1.70. The van der Waals surface area contributed by atoms with Gasteiger partial charge in [0.05, 0.1) is 0 Å². The maximum absolute atomic E-state index is 11.6. The zero-order valence-corrected chi connectivity index (χ0v) is 12.1. The Morgan fingerprint density at radius 2 is 1.28 bits per heavy atom. The Kier molecular flexibility index (Phi) is 3.80. The van der Waals surface area contributed by atoms with Gasteiger partial charge in [0.25, 0.3) is 0 Å². The summed E-state index contributed by atoms with van der Waals surface area (Å²) in [6.45, 7) is 12.6. The average molecular weight is 246 g/mol. The number of rotatable bonds is 2. The van der Waals surface area contributed by atoms with Crippen molar-refractivity contribution in [3.05, 3.63) is 34.9 Å². The van der Waals surface area contributed by atoms with Crippen molar-refractivity contribution in [1.82, 2.24) is 0 Å². The summed E-state index contributed by atoms with van der Waals surface area (Å²) in [4.78, 5) is 22.3. The highest BCUT2D eigenvalue weighted by Crippen LogP contribution is 2.30. The van der Waals surface area contributed by atoms with Crippen LogP contribution in [-0.2, 0) is 15.6 Å². The molecule has 0 atom stereocenters. The standard InChI is InChI=1S/C16H22O2/c1-15(2,3)12-7-11(14(18)10-17)8-13(9-12)16(4,5)6/h7-10H,1-6H3. The summed E-state index contributed by atoms with van der Waals surface area (Å²) in [6.07, 6.45) is 0.383. The van der Waals surface area contributed by atoms with E-state index in [0.717, 1.165) is 11.1 Å². The van der Waals surface area contributed by atoms with Crippen LogP contribution in [-0.4, -0.2) is 12.1 Å². The van der Waals surface area contributed by atoms with Gasteiger partial charge >= 0.3 is 0 Å². The molecule has 2 nitrogen and oxygen atoms in total. The molecule has 0 aliphatic rings. The maximum Gasteiger partial charge on any atom is 0.225 e. The Morgan fingerprint density at radius 3 is 1.56 bits per heavy atom. The van der Waals surface area contributed by atoms with E-state index in [1.165, 1.54) is 0 Å². The third kappa shape index (κ3) is 3.28. The molecular formula is C16H22O2. The van der Waals surface area contributed by atoms with Crippen LogP contribution in [0.1, 0.15) is 63.0 Å². The molecule has 0 radical (unpaired) electrons. The van der Waals surface area contributed by atoms with Crippen LogP contribution in [0.15, 0.2) is 18.2 Å². The molecule has 2 heteroatoms. The van der Waals surface area contributed by atoms with Crippen molar-refractivity contribution in [2.75, 3.05) is 0 Å². The molecule has 98 valence electrons. The average Bonchev–Trinajstić information content (AvgIpc) is 2.25. The molecule has 0 aliphatic heterocycles. The van der Waals surface area contributed by atoms with Gasteiger partial charge in [0.15, 0.2) is 6.29 Å². The summed E-state index contributed by atoms with van der Waals surface area (Å²) in [6, 6.07) is 5.78. The molecule has 0 aliphatic carbocycles. The lowest BCUT2D eigenvalue weighted by molar-refractivity contribution is -0.104. The number of aldehydes is 1. The van der Waals surface area contributed by atoms with Gasteiger partial charge in [0.2, 0.25) is 5.78 Å². The Morgan fingerprint density at radius 1 is 0.889 bits per heavy atom. The zero-order chi connectivity index (χ0) is 14.1. The van der Waals surface area contributed by atoms with Crippen molar-refractivity contribution >= 4 is 12.1 Å². The van der Waals surface area contributed by atoms with Crippen molar-refractivity contribution in [2.45, 2.75) is 52.4 Å². The minimum Gasteiger partial charge on any atom is -0.294 e. The third-order valence-electron chi connectivity index (χ3n) is 3.06. The molecule has 0 heterocycles. The fourth-order valence-electron chi connectivity index (χ4n) is 1.70. The zero-order valence-electron chi connectivity index (χ0n) is 12.1. The van der Waals surface area contributed by atoms with Gasteiger partial charge in [-0.1, -0.05) is 47.6 Å². The highest BCUT2D eigenvalue weighted by atomic mass is 16.2. The molecule has 1 rings (SSSR count). The second-order valence-corrected chi connectivity index (χ2v) is 6.78. The summed E-state index contributed by atoms with van der Waals surface area (Å²) in [7, 11) is 0. The first-order valence-corrected chi connectivity index (χ1v) is 6.21. The molecule has 0 bridgehead atoms. The highest BCUT2D eigenvalue weighted by Gasteiger charge is 2.21. The smallest absolute Gasteiger partial charge is 0.225 e. The van der Waals surface area contributed by atoms with Gasteiger partial charge in [-0.3, -0.25) is 9.59 Å². The lowest BCUT2D eigenvalue weighted by atomic mass is 9.79. The van der Waals surface area contributed by atoms with E-state index >= 15 is 0 Å². The van der Waals surface area contributed by atoms with Gasteiger partial charge in [-0.05, 0) is 34.1 Å². The van der Waals surface area contributed by atoms with Gasteiger partial charge in [-0.2, -0.15) is 0 Å².